The Morgan fingerprint density at radius 3 is 0.458 bits per heavy atom. The highest BCUT2D eigenvalue weighted by molar-refractivity contribution is 7.64. The first kappa shape index (κ1) is 21.6. The van der Waals surface area contributed by atoms with Crippen molar-refractivity contribution in [3.63, 3.8) is 0 Å². The van der Waals surface area contributed by atoms with Crippen LogP contribution in [0.3, 0.4) is 0 Å². The average molecular weight is 450 g/mol. The van der Waals surface area contributed by atoms with Crippen LogP contribution in [-0.2, 0) is 27.4 Å². The molecule has 0 saturated heterocycles. The molecule has 0 heterocycles. The van der Waals surface area contributed by atoms with E-state index in [1.54, 1.807) is 0 Å². The summed E-state index contributed by atoms with van der Waals surface area (Å²) in [5.74, 6) is 0. The SMILES string of the molecule is O=[P+]([O-])c1c([P+](=O)[O-])c([P+](=O)[O-])c([P+](=O)[O-])c([P+](=O)[O-])c1[P+](=O)[O-]. The van der Waals surface area contributed by atoms with Gasteiger partial charge in [0.15, 0.2) is 0 Å². The fourth-order valence-corrected chi connectivity index (χ4v) is 8.60. The number of benzene rings is 1. The van der Waals surface area contributed by atoms with E-state index in [9.17, 15) is 56.8 Å². The van der Waals surface area contributed by atoms with Crippen LogP contribution in [-0.4, -0.2) is 0 Å². The lowest BCUT2D eigenvalue weighted by atomic mass is 10.3. The lowest BCUT2D eigenvalue weighted by Crippen LogP contribution is -2.57. The first-order valence-electron chi connectivity index (χ1n) is 5.03. The summed E-state index contributed by atoms with van der Waals surface area (Å²) in [4.78, 5) is 67.4. The molecule has 0 fully saturated rings. The van der Waals surface area contributed by atoms with Crippen LogP contribution in [0.2, 0.25) is 0 Å². The topological polar surface area (TPSA) is 241 Å². The quantitative estimate of drug-likeness (QED) is 0.368. The van der Waals surface area contributed by atoms with Gasteiger partial charge in [0.05, 0.1) is 0 Å². The summed E-state index contributed by atoms with van der Waals surface area (Å²) in [5.41, 5.74) is 0. The molecular formula is C6O12P6. The predicted octanol–water partition coefficient (Wildman–Crippen LogP) is -5.95. The minimum absolute atomic E-state index is 1.62. The average Bonchev–Trinajstić information content (AvgIpc) is 2.42. The molecule has 1 aromatic carbocycles. The second kappa shape index (κ2) is 8.31. The van der Waals surface area contributed by atoms with E-state index in [4.69, 9.17) is 0 Å². The molecule has 0 aliphatic rings. The zero-order valence-corrected chi connectivity index (χ0v) is 15.9. The third-order valence-electron chi connectivity index (χ3n) is 2.44. The Labute approximate surface area is 137 Å². The molecule has 0 bridgehead atoms. The van der Waals surface area contributed by atoms with Gasteiger partial charge in [-0.15, -0.1) is 0 Å². The highest BCUT2D eigenvalue weighted by Crippen LogP contribution is 2.25. The molecule has 1 aromatic rings. The standard InChI is InChI=1S/C6O12P6/c7-19(8)1-2(20(9)10)4(22(13)14)6(24(17)18)5(23(15)16)3(1)21(11)12. The molecular weight excluding hydrogens is 450 g/mol. The Kier molecular flexibility index (Phi) is 7.48. The Morgan fingerprint density at radius 2 is 0.417 bits per heavy atom. The molecule has 126 valence electrons. The van der Waals surface area contributed by atoms with Crippen LogP contribution < -0.4 is 61.2 Å². The molecule has 0 aliphatic heterocycles. The number of rotatable bonds is 6. The van der Waals surface area contributed by atoms with Crippen molar-refractivity contribution in [2.45, 2.75) is 0 Å². The highest BCUT2D eigenvalue weighted by atomic mass is 31.1. The van der Waals surface area contributed by atoms with Crippen molar-refractivity contribution in [2.75, 3.05) is 0 Å². The Hall–Kier alpha value is -0.420. The van der Waals surface area contributed by atoms with Gasteiger partial charge < -0.3 is 29.4 Å². The van der Waals surface area contributed by atoms with Gasteiger partial charge >= 0.3 is 80.0 Å². The third kappa shape index (κ3) is 4.04. The minimum Gasteiger partial charge on any atom is -0.590 e. The van der Waals surface area contributed by atoms with E-state index in [1.165, 1.54) is 0 Å². The zero-order chi connectivity index (χ0) is 18.9. The van der Waals surface area contributed by atoms with Gasteiger partial charge in [-0.25, -0.2) is 0 Å². The smallest absolute Gasteiger partial charge is 0.359 e. The Morgan fingerprint density at radius 1 is 0.333 bits per heavy atom. The van der Waals surface area contributed by atoms with E-state index in [0.29, 0.717) is 0 Å². The monoisotopic (exact) mass is 450 g/mol. The van der Waals surface area contributed by atoms with E-state index in [0.717, 1.165) is 0 Å². The molecule has 6 unspecified atom stereocenters. The maximum Gasteiger partial charge on any atom is 0.359 e. The maximum atomic E-state index is 11.2. The van der Waals surface area contributed by atoms with Crippen molar-refractivity contribution < 1.29 is 56.8 Å². The number of hydrogen-bond donors (Lipinski definition) is 0. The summed E-state index contributed by atoms with van der Waals surface area (Å²) in [7, 11) is -24.7. The lowest BCUT2D eigenvalue weighted by molar-refractivity contribution is -0.164. The number of hydrogen-bond acceptors (Lipinski definition) is 12. The van der Waals surface area contributed by atoms with Gasteiger partial charge in [-0.1, -0.05) is 27.4 Å². The van der Waals surface area contributed by atoms with Crippen molar-refractivity contribution >= 4 is 80.0 Å². The molecule has 0 N–H and O–H groups in total. The second-order valence-electron chi connectivity index (χ2n) is 3.63. The van der Waals surface area contributed by atoms with Crippen molar-refractivity contribution in [3.05, 3.63) is 0 Å². The summed E-state index contributed by atoms with van der Waals surface area (Å²) in [5, 5.41) is -9.74. The first-order chi connectivity index (χ1) is 10.9. The van der Waals surface area contributed by atoms with E-state index in [2.05, 4.69) is 0 Å². The molecule has 12 nitrogen and oxygen atoms in total. The molecule has 0 spiro atoms. The van der Waals surface area contributed by atoms with Crippen LogP contribution in [0.15, 0.2) is 0 Å². The van der Waals surface area contributed by atoms with Crippen molar-refractivity contribution in [1.29, 1.82) is 0 Å². The van der Waals surface area contributed by atoms with Gasteiger partial charge in [-0.2, -0.15) is 0 Å². The molecule has 24 heavy (non-hydrogen) atoms. The summed E-state index contributed by atoms with van der Waals surface area (Å²) in [6.07, 6.45) is 0. The molecule has 6 atom stereocenters. The van der Waals surface area contributed by atoms with Crippen LogP contribution in [0.25, 0.3) is 0 Å². The van der Waals surface area contributed by atoms with Gasteiger partial charge in [0.25, 0.3) is 0 Å². The van der Waals surface area contributed by atoms with E-state index >= 15 is 0 Å². The summed E-state index contributed by atoms with van der Waals surface area (Å²) >= 11 is 0. The van der Waals surface area contributed by atoms with Crippen molar-refractivity contribution in [1.82, 2.24) is 0 Å². The first-order valence-corrected chi connectivity index (χ1v) is 12.1. The van der Waals surface area contributed by atoms with Gasteiger partial charge in [0, 0.05) is 0 Å². The molecule has 1 rings (SSSR count). The molecule has 0 aromatic heterocycles. The van der Waals surface area contributed by atoms with Gasteiger partial charge in [-0.3, -0.25) is 0 Å². The van der Waals surface area contributed by atoms with E-state index < -0.39 is 80.0 Å². The molecule has 0 amide bonds. The van der Waals surface area contributed by atoms with Crippen LogP contribution in [0, 0.1) is 0 Å². The van der Waals surface area contributed by atoms with Crippen molar-refractivity contribution in [2.24, 2.45) is 0 Å². The minimum atomic E-state index is -4.11. The van der Waals surface area contributed by atoms with Crippen LogP contribution in [0.5, 0.6) is 0 Å². The molecule has 0 radical (unpaired) electrons. The lowest BCUT2D eigenvalue weighted by Gasteiger charge is -2.03. The van der Waals surface area contributed by atoms with Crippen molar-refractivity contribution in [3.8, 4) is 0 Å². The predicted molar refractivity (Wildman–Crippen MR) is 69.9 cm³/mol. The van der Waals surface area contributed by atoms with Crippen LogP contribution in [0.1, 0.15) is 0 Å². The zero-order valence-electron chi connectivity index (χ0n) is 10.6. The van der Waals surface area contributed by atoms with Crippen LogP contribution in [0.4, 0.5) is 0 Å². The maximum absolute atomic E-state index is 11.2. The third-order valence-corrected chi connectivity index (χ3v) is 8.37. The van der Waals surface area contributed by atoms with Crippen LogP contribution >= 0.6 is 48.2 Å². The fourth-order valence-electron chi connectivity index (χ4n) is 1.71. The summed E-state index contributed by atoms with van der Waals surface area (Å²) < 4.78 is 67.4. The molecule has 18 heteroatoms. The van der Waals surface area contributed by atoms with Gasteiger partial charge in [0.1, 0.15) is 0 Å². The Bertz CT molecular complexity index is 645. The highest BCUT2D eigenvalue weighted by Gasteiger charge is 2.55. The van der Waals surface area contributed by atoms with Gasteiger partial charge in [-0.05, 0) is 0 Å². The summed E-state index contributed by atoms with van der Waals surface area (Å²) in [6.45, 7) is 0. The molecule has 0 saturated carbocycles. The largest absolute Gasteiger partial charge is 0.590 e. The fraction of sp³-hybridized carbons (Fsp3) is 0. The summed E-state index contributed by atoms with van der Waals surface area (Å²) in [6, 6.07) is 0. The van der Waals surface area contributed by atoms with E-state index in [-0.39, 0.29) is 0 Å². The normalized spacial score (nSPS) is 14.8. The Balaban J connectivity index is 4.50. The molecule has 0 aliphatic carbocycles. The van der Waals surface area contributed by atoms with E-state index in [1.807, 2.05) is 0 Å². The van der Waals surface area contributed by atoms with Gasteiger partial charge in [0.2, 0.25) is 0 Å². The second-order valence-corrected chi connectivity index (χ2v) is 9.40.